The van der Waals surface area contributed by atoms with Crippen molar-refractivity contribution in [3.63, 3.8) is 0 Å². The van der Waals surface area contributed by atoms with Crippen molar-refractivity contribution in [3.05, 3.63) is 70.9 Å². The summed E-state index contributed by atoms with van der Waals surface area (Å²) in [5.74, 6) is 0.676. The van der Waals surface area contributed by atoms with E-state index >= 15 is 0 Å². The molecule has 0 fully saturated rings. The van der Waals surface area contributed by atoms with E-state index in [0.717, 1.165) is 24.3 Å². The maximum absolute atomic E-state index is 12.4. The monoisotopic (exact) mass is 349 g/mol. The highest BCUT2D eigenvalue weighted by molar-refractivity contribution is 5.94. The lowest BCUT2D eigenvalue weighted by atomic mass is 9.97. The number of rotatable bonds is 7. The molecule has 26 heavy (non-hydrogen) atoms. The fourth-order valence-corrected chi connectivity index (χ4v) is 3.14. The Labute approximate surface area is 155 Å². The number of carbonyl (C=O) groups is 1. The number of nitrogens with one attached hydrogen (secondary N) is 2. The first-order chi connectivity index (χ1) is 12.7. The van der Waals surface area contributed by atoms with Gasteiger partial charge in [0.2, 0.25) is 0 Å². The zero-order valence-electron chi connectivity index (χ0n) is 15.4. The van der Waals surface area contributed by atoms with Gasteiger partial charge < -0.3 is 10.6 Å². The molecule has 1 aliphatic carbocycles. The zero-order valence-corrected chi connectivity index (χ0v) is 15.4. The average molecular weight is 349 g/mol. The van der Waals surface area contributed by atoms with Crippen molar-refractivity contribution in [2.75, 3.05) is 11.9 Å². The minimum absolute atomic E-state index is 0.0778. The molecule has 0 saturated heterocycles. The van der Waals surface area contributed by atoms with Crippen LogP contribution in [0.3, 0.4) is 0 Å². The molecule has 1 heterocycles. The molecule has 0 bridgehead atoms. The summed E-state index contributed by atoms with van der Waals surface area (Å²) < 4.78 is 0. The molecular formula is C22H27N3O. The lowest BCUT2D eigenvalue weighted by molar-refractivity contribution is 0.0951. The lowest BCUT2D eigenvalue weighted by Gasteiger charge is -2.13. The largest absolute Gasteiger partial charge is 0.370 e. The Balaban J connectivity index is 1.50. The summed E-state index contributed by atoms with van der Waals surface area (Å²) in [4.78, 5) is 16.7. The van der Waals surface area contributed by atoms with Crippen LogP contribution in [0.5, 0.6) is 0 Å². The van der Waals surface area contributed by atoms with Gasteiger partial charge in [-0.05, 0) is 56.7 Å². The molecule has 136 valence electrons. The Kier molecular flexibility index (Phi) is 6.42. The van der Waals surface area contributed by atoms with E-state index in [1.165, 1.54) is 36.8 Å². The molecule has 1 aromatic carbocycles. The van der Waals surface area contributed by atoms with Gasteiger partial charge in [-0.15, -0.1) is 0 Å². The molecule has 1 amide bonds. The van der Waals surface area contributed by atoms with Crippen LogP contribution in [0.2, 0.25) is 0 Å². The van der Waals surface area contributed by atoms with Crippen LogP contribution in [0.4, 0.5) is 5.82 Å². The van der Waals surface area contributed by atoms with Crippen LogP contribution in [0, 0.1) is 6.92 Å². The van der Waals surface area contributed by atoms with Crippen LogP contribution in [-0.2, 0) is 6.54 Å². The number of allylic oxidation sites excluding steroid dienone is 1. The number of nitrogens with zero attached hydrogens (tertiary/aromatic N) is 1. The van der Waals surface area contributed by atoms with Gasteiger partial charge in [0.25, 0.3) is 5.91 Å². The molecule has 2 aromatic rings. The van der Waals surface area contributed by atoms with Crippen molar-refractivity contribution in [3.8, 4) is 0 Å². The quantitative estimate of drug-likeness (QED) is 0.717. The van der Waals surface area contributed by atoms with E-state index in [0.29, 0.717) is 12.1 Å². The SMILES string of the molecule is Cc1ccc(CNC(=O)c2ccnc(NCCC3=CCCCC3)c2)cc1. The van der Waals surface area contributed by atoms with E-state index in [1.807, 2.05) is 18.2 Å². The summed E-state index contributed by atoms with van der Waals surface area (Å²) >= 11 is 0. The average Bonchev–Trinajstić information content (AvgIpc) is 2.68. The summed E-state index contributed by atoms with van der Waals surface area (Å²) in [6.07, 6.45) is 10.2. The van der Waals surface area contributed by atoms with E-state index in [1.54, 1.807) is 12.3 Å². The van der Waals surface area contributed by atoms with Gasteiger partial charge in [0.15, 0.2) is 0 Å². The third-order valence-corrected chi connectivity index (χ3v) is 4.73. The number of carbonyl (C=O) groups excluding carboxylic acids is 1. The Morgan fingerprint density at radius 2 is 2.00 bits per heavy atom. The van der Waals surface area contributed by atoms with Crippen molar-refractivity contribution in [2.24, 2.45) is 0 Å². The molecule has 0 atom stereocenters. The highest BCUT2D eigenvalue weighted by atomic mass is 16.1. The van der Waals surface area contributed by atoms with Crippen molar-refractivity contribution >= 4 is 11.7 Å². The van der Waals surface area contributed by atoms with E-state index in [4.69, 9.17) is 0 Å². The van der Waals surface area contributed by atoms with Crippen LogP contribution in [0.1, 0.15) is 53.6 Å². The summed E-state index contributed by atoms with van der Waals surface area (Å²) in [7, 11) is 0. The number of pyridine rings is 1. The number of aromatic nitrogens is 1. The van der Waals surface area contributed by atoms with Gasteiger partial charge in [-0.2, -0.15) is 0 Å². The summed E-state index contributed by atoms with van der Waals surface area (Å²) in [5.41, 5.74) is 4.48. The van der Waals surface area contributed by atoms with Crippen LogP contribution < -0.4 is 10.6 Å². The Morgan fingerprint density at radius 3 is 2.77 bits per heavy atom. The minimum Gasteiger partial charge on any atom is -0.370 e. The zero-order chi connectivity index (χ0) is 18.2. The smallest absolute Gasteiger partial charge is 0.251 e. The van der Waals surface area contributed by atoms with Crippen molar-refractivity contribution < 1.29 is 4.79 Å². The first-order valence-electron chi connectivity index (χ1n) is 9.42. The van der Waals surface area contributed by atoms with Gasteiger partial charge in [-0.1, -0.05) is 41.5 Å². The molecule has 0 aliphatic heterocycles. The molecule has 4 heteroatoms. The maximum atomic E-state index is 12.4. The minimum atomic E-state index is -0.0778. The van der Waals surface area contributed by atoms with Gasteiger partial charge in [-0.3, -0.25) is 4.79 Å². The summed E-state index contributed by atoms with van der Waals surface area (Å²) in [6, 6.07) is 11.7. The predicted octanol–water partition coefficient (Wildman–Crippen LogP) is 4.62. The second-order valence-corrected chi connectivity index (χ2v) is 6.88. The van der Waals surface area contributed by atoms with Crippen molar-refractivity contribution in [2.45, 2.75) is 45.6 Å². The number of hydrogen-bond donors (Lipinski definition) is 2. The second kappa shape index (κ2) is 9.18. The maximum Gasteiger partial charge on any atom is 0.251 e. The number of amides is 1. The molecule has 0 spiro atoms. The molecule has 3 rings (SSSR count). The molecule has 0 radical (unpaired) electrons. The van der Waals surface area contributed by atoms with Gasteiger partial charge >= 0.3 is 0 Å². The molecule has 1 aliphatic rings. The molecule has 1 aromatic heterocycles. The van der Waals surface area contributed by atoms with Crippen LogP contribution in [0.15, 0.2) is 54.2 Å². The molecular weight excluding hydrogens is 322 g/mol. The number of hydrogen-bond acceptors (Lipinski definition) is 3. The molecule has 0 unspecified atom stereocenters. The first kappa shape index (κ1) is 18.2. The van der Waals surface area contributed by atoms with Crippen LogP contribution in [-0.4, -0.2) is 17.4 Å². The van der Waals surface area contributed by atoms with Crippen LogP contribution in [0.25, 0.3) is 0 Å². The Morgan fingerprint density at radius 1 is 1.15 bits per heavy atom. The van der Waals surface area contributed by atoms with Gasteiger partial charge in [0, 0.05) is 24.8 Å². The van der Waals surface area contributed by atoms with Gasteiger partial charge in [0.1, 0.15) is 5.82 Å². The highest BCUT2D eigenvalue weighted by Crippen LogP contribution is 2.20. The van der Waals surface area contributed by atoms with Crippen molar-refractivity contribution in [1.29, 1.82) is 0 Å². The molecule has 0 saturated carbocycles. The standard InChI is InChI=1S/C22H27N3O/c1-17-7-9-19(10-8-17)16-25-22(26)20-12-14-24-21(15-20)23-13-11-18-5-3-2-4-6-18/h5,7-10,12,14-15H,2-4,6,11,13,16H2,1H3,(H,23,24)(H,25,26). The Bertz CT molecular complexity index is 765. The fourth-order valence-electron chi connectivity index (χ4n) is 3.14. The Hall–Kier alpha value is -2.62. The second-order valence-electron chi connectivity index (χ2n) is 6.88. The molecule has 2 N–H and O–H groups in total. The van der Waals surface area contributed by atoms with E-state index in [-0.39, 0.29) is 5.91 Å². The number of aryl methyl sites for hydroxylation is 1. The third kappa shape index (κ3) is 5.45. The lowest BCUT2D eigenvalue weighted by Crippen LogP contribution is -2.23. The summed E-state index contributed by atoms with van der Waals surface area (Å²) in [6.45, 7) is 3.43. The normalized spacial score (nSPS) is 13.8. The van der Waals surface area contributed by atoms with Gasteiger partial charge in [-0.25, -0.2) is 4.98 Å². The first-order valence-corrected chi connectivity index (χ1v) is 9.42. The third-order valence-electron chi connectivity index (χ3n) is 4.73. The van der Waals surface area contributed by atoms with E-state index < -0.39 is 0 Å². The molecule has 4 nitrogen and oxygen atoms in total. The fraction of sp³-hybridized carbons (Fsp3) is 0.364. The topological polar surface area (TPSA) is 54.0 Å². The number of benzene rings is 1. The van der Waals surface area contributed by atoms with Gasteiger partial charge in [0.05, 0.1) is 0 Å². The highest BCUT2D eigenvalue weighted by Gasteiger charge is 2.08. The summed E-state index contributed by atoms with van der Waals surface area (Å²) in [5, 5.41) is 6.30. The predicted molar refractivity (Wildman–Crippen MR) is 106 cm³/mol. The van der Waals surface area contributed by atoms with Crippen LogP contribution >= 0.6 is 0 Å². The van der Waals surface area contributed by atoms with E-state index in [2.05, 4.69) is 40.8 Å². The van der Waals surface area contributed by atoms with Crippen molar-refractivity contribution in [1.82, 2.24) is 10.3 Å². The number of anilines is 1. The van der Waals surface area contributed by atoms with E-state index in [9.17, 15) is 4.79 Å².